The number of aromatic nitrogens is 3. The Hall–Kier alpha value is -2.46. The average Bonchev–Trinajstić information content (AvgIpc) is 3.06. The maximum atomic E-state index is 12.4. The lowest BCUT2D eigenvalue weighted by molar-refractivity contribution is -0.120. The Morgan fingerprint density at radius 1 is 1.12 bits per heavy atom. The summed E-state index contributed by atoms with van der Waals surface area (Å²) in [6, 6.07) is 6.78. The number of carbonyl (C=O) groups excluding carboxylic acids is 1. The standard InChI is InChI=1S/C22H33N5O4S/c1-22(2,3)17-8-10-18(11-9-17)32(30,31)24-14-12-20(28)23-13-6-16-27-21(29)26-15-5-4-7-19(26)25-27/h8-11,24H,4-7,12-16H2,1-3H3,(H,23,28). The predicted octanol–water partition coefficient (Wildman–Crippen LogP) is 1.55. The Morgan fingerprint density at radius 3 is 2.50 bits per heavy atom. The highest BCUT2D eigenvalue weighted by Gasteiger charge is 2.18. The smallest absolute Gasteiger partial charge is 0.345 e. The van der Waals surface area contributed by atoms with Crippen LogP contribution in [0.25, 0.3) is 0 Å². The Kier molecular flexibility index (Phi) is 7.55. The van der Waals surface area contributed by atoms with Crippen molar-refractivity contribution in [1.29, 1.82) is 0 Å². The molecular formula is C22H33N5O4S. The Balaban J connectivity index is 1.39. The van der Waals surface area contributed by atoms with E-state index in [0.717, 1.165) is 37.2 Å². The number of benzene rings is 1. The SMILES string of the molecule is CC(C)(C)c1ccc(S(=O)(=O)NCCC(=O)NCCCn2nc3n(c2=O)CCCC3)cc1. The number of nitrogens with zero attached hydrogens (tertiary/aromatic N) is 3. The van der Waals surface area contributed by atoms with Crippen LogP contribution in [0.3, 0.4) is 0 Å². The summed E-state index contributed by atoms with van der Waals surface area (Å²) in [5.41, 5.74) is 0.906. The van der Waals surface area contributed by atoms with E-state index in [2.05, 4.69) is 35.9 Å². The van der Waals surface area contributed by atoms with Crippen LogP contribution < -0.4 is 15.7 Å². The number of hydrogen-bond acceptors (Lipinski definition) is 5. The summed E-state index contributed by atoms with van der Waals surface area (Å²) in [4.78, 5) is 24.5. The highest BCUT2D eigenvalue weighted by atomic mass is 32.2. The molecule has 1 aromatic heterocycles. The molecule has 2 N–H and O–H groups in total. The maximum Gasteiger partial charge on any atom is 0.345 e. The molecule has 0 saturated heterocycles. The molecule has 3 rings (SSSR count). The lowest BCUT2D eigenvalue weighted by Crippen LogP contribution is -2.32. The fourth-order valence-corrected chi connectivity index (χ4v) is 4.69. The van der Waals surface area contributed by atoms with Gasteiger partial charge in [0.05, 0.1) is 4.90 Å². The van der Waals surface area contributed by atoms with E-state index >= 15 is 0 Å². The number of sulfonamides is 1. The van der Waals surface area contributed by atoms with Gasteiger partial charge in [-0.2, -0.15) is 5.10 Å². The van der Waals surface area contributed by atoms with Gasteiger partial charge in [0.2, 0.25) is 15.9 Å². The van der Waals surface area contributed by atoms with E-state index < -0.39 is 10.0 Å². The van der Waals surface area contributed by atoms with Crippen LogP contribution in [0.5, 0.6) is 0 Å². The molecule has 0 fully saturated rings. The summed E-state index contributed by atoms with van der Waals surface area (Å²) < 4.78 is 30.5. The number of rotatable bonds is 9. The minimum atomic E-state index is -3.66. The van der Waals surface area contributed by atoms with E-state index in [-0.39, 0.29) is 34.9 Å². The van der Waals surface area contributed by atoms with E-state index in [1.165, 1.54) is 4.68 Å². The van der Waals surface area contributed by atoms with Crippen LogP contribution in [0, 0.1) is 0 Å². The van der Waals surface area contributed by atoms with Gasteiger partial charge in [0.25, 0.3) is 0 Å². The minimum Gasteiger partial charge on any atom is -0.356 e. The fraction of sp³-hybridized carbons (Fsp3) is 0.591. The molecule has 0 bridgehead atoms. The zero-order chi connectivity index (χ0) is 23.4. The molecular weight excluding hydrogens is 430 g/mol. The van der Waals surface area contributed by atoms with Gasteiger partial charge in [-0.05, 0) is 42.4 Å². The Bertz CT molecular complexity index is 1090. The van der Waals surface area contributed by atoms with Crippen LogP contribution in [0.4, 0.5) is 0 Å². The van der Waals surface area contributed by atoms with Crippen molar-refractivity contribution in [3.8, 4) is 0 Å². The predicted molar refractivity (Wildman–Crippen MR) is 122 cm³/mol. The maximum absolute atomic E-state index is 12.4. The molecule has 2 aromatic rings. The van der Waals surface area contributed by atoms with Gasteiger partial charge < -0.3 is 5.32 Å². The van der Waals surface area contributed by atoms with E-state index in [1.807, 2.05) is 12.1 Å². The normalized spacial score (nSPS) is 14.2. The molecule has 0 saturated carbocycles. The average molecular weight is 464 g/mol. The van der Waals surface area contributed by atoms with E-state index in [0.29, 0.717) is 19.5 Å². The van der Waals surface area contributed by atoms with Crippen LogP contribution in [0.15, 0.2) is 34.0 Å². The zero-order valence-electron chi connectivity index (χ0n) is 19.1. The van der Waals surface area contributed by atoms with Gasteiger partial charge >= 0.3 is 5.69 Å². The molecule has 1 aliphatic heterocycles. The number of nitrogens with one attached hydrogen (secondary N) is 2. The first-order chi connectivity index (χ1) is 15.1. The van der Waals surface area contributed by atoms with Gasteiger partial charge in [-0.15, -0.1) is 0 Å². The molecule has 10 heteroatoms. The highest BCUT2D eigenvalue weighted by molar-refractivity contribution is 7.89. The lowest BCUT2D eigenvalue weighted by Gasteiger charge is -2.19. The second kappa shape index (κ2) is 9.99. The van der Waals surface area contributed by atoms with Crippen LogP contribution in [0.1, 0.15) is 57.8 Å². The van der Waals surface area contributed by atoms with Crippen LogP contribution >= 0.6 is 0 Å². The molecule has 176 valence electrons. The fourth-order valence-electron chi connectivity index (χ4n) is 3.66. The van der Waals surface area contributed by atoms with Crippen molar-refractivity contribution >= 4 is 15.9 Å². The molecule has 1 aromatic carbocycles. The lowest BCUT2D eigenvalue weighted by atomic mass is 9.87. The van der Waals surface area contributed by atoms with Gasteiger partial charge in [-0.3, -0.25) is 9.36 Å². The first-order valence-corrected chi connectivity index (χ1v) is 12.6. The molecule has 0 atom stereocenters. The van der Waals surface area contributed by atoms with Gasteiger partial charge in [0.15, 0.2) is 0 Å². The Morgan fingerprint density at radius 2 is 1.84 bits per heavy atom. The van der Waals surface area contributed by atoms with Crippen molar-refractivity contribution in [2.24, 2.45) is 0 Å². The third-order valence-electron chi connectivity index (χ3n) is 5.58. The molecule has 0 aliphatic carbocycles. The second-order valence-electron chi connectivity index (χ2n) is 9.16. The van der Waals surface area contributed by atoms with Crippen molar-refractivity contribution in [2.45, 2.75) is 76.3 Å². The first kappa shape index (κ1) is 24.2. The van der Waals surface area contributed by atoms with Crippen molar-refractivity contribution in [2.75, 3.05) is 13.1 Å². The van der Waals surface area contributed by atoms with Crippen molar-refractivity contribution in [3.05, 3.63) is 46.1 Å². The summed E-state index contributed by atoms with van der Waals surface area (Å²) in [6.45, 7) is 7.77. The molecule has 9 nitrogen and oxygen atoms in total. The monoisotopic (exact) mass is 463 g/mol. The van der Waals surface area contributed by atoms with Gasteiger partial charge in [0, 0.05) is 39.0 Å². The summed E-state index contributed by atoms with van der Waals surface area (Å²) >= 11 is 0. The second-order valence-corrected chi connectivity index (χ2v) is 10.9. The molecule has 2 heterocycles. The third kappa shape index (κ3) is 6.07. The number of fused-ring (bicyclic) bond motifs is 1. The van der Waals surface area contributed by atoms with Gasteiger partial charge in [-0.1, -0.05) is 32.9 Å². The highest BCUT2D eigenvalue weighted by Crippen LogP contribution is 2.23. The van der Waals surface area contributed by atoms with Crippen LogP contribution in [0.2, 0.25) is 0 Å². The number of aryl methyl sites for hydroxylation is 2. The molecule has 1 amide bonds. The van der Waals surface area contributed by atoms with Crippen LogP contribution in [-0.2, 0) is 39.7 Å². The minimum absolute atomic E-state index is 0.0163. The molecule has 0 spiro atoms. The van der Waals surface area contributed by atoms with Gasteiger partial charge in [0.1, 0.15) is 5.82 Å². The van der Waals surface area contributed by atoms with Crippen molar-refractivity contribution in [1.82, 2.24) is 24.4 Å². The topological polar surface area (TPSA) is 115 Å². The van der Waals surface area contributed by atoms with E-state index in [9.17, 15) is 18.0 Å². The third-order valence-corrected chi connectivity index (χ3v) is 7.05. The molecule has 1 aliphatic rings. The zero-order valence-corrected chi connectivity index (χ0v) is 19.9. The summed E-state index contributed by atoms with van der Waals surface area (Å²) in [7, 11) is -3.66. The summed E-state index contributed by atoms with van der Waals surface area (Å²) in [5, 5.41) is 7.13. The Labute approximate surface area is 189 Å². The molecule has 32 heavy (non-hydrogen) atoms. The number of hydrogen-bond donors (Lipinski definition) is 2. The van der Waals surface area contributed by atoms with Crippen molar-refractivity contribution < 1.29 is 13.2 Å². The first-order valence-electron chi connectivity index (χ1n) is 11.1. The summed E-state index contributed by atoms with van der Waals surface area (Å²) in [5.74, 6) is 0.595. The van der Waals surface area contributed by atoms with E-state index in [4.69, 9.17) is 0 Å². The number of amides is 1. The quantitative estimate of drug-likeness (QED) is 0.548. The molecule has 0 unspecified atom stereocenters. The van der Waals surface area contributed by atoms with Crippen LogP contribution in [-0.4, -0.2) is 41.8 Å². The number of carbonyl (C=O) groups is 1. The van der Waals surface area contributed by atoms with Crippen molar-refractivity contribution in [3.63, 3.8) is 0 Å². The van der Waals surface area contributed by atoms with Gasteiger partial charge in [-0.25, -0.2) is 22.6 Å². The summed E-state index contributed by atoms with van der Waals surface area (Å²) in [6.07, 6.45) is 3.50. The molecule has 0 radical (unpaired) electrons. The van der Waals surface area contributed by atoms with E-state index in [1.54, 1.807) is 16.7 Å². The largest absolute Gasteiger partial charge is 0.356 e.